The number of esters is 3. The van der Waals surface area contributed by atoms with Crippen molar-refractivity contribution in [1.82, 2.24) is 5.32 Å². The molecule has 170 valence electrons. The van der Waals surface area contributed by atoms with Gasteiger partial charge in [-0.05, 0) is 18.4 Å². The first-order valence-electron chi connectivity index (χ1n) is 10.1. The molecule has 0 spiro atoms. The van der Waals surface area contributed by atoms with E-state index >= 15 is 0 Å². The fourth-order valence-electron chi connectivity index (χ4n) is 3.63. The molecule has 1 heterocycles. The highest BCUT2D eigenvalue weighted by atomic mass is 16.6. The van der Waals surface area contributed by atoms with Gasteiger partial charge in [-0.3, -0.25) is 19.2 Å². The molecule has 0 bridgehead atoms. The van der Waals surface area contributed by atoms with E-state index in [4.69, 9.17) is 18.9 Å². The number of carbonyl (C=O) groups is 4. The van der Waals surface area contributed by atoms with Crippen LogP contribution in [0.5, 0.6) is 0 Å². The first-order valence-corrected chi connectivity index (χ1v) is 10.1. The van der Waals surface area contributed by atoms with Crippen LogP contribution in [0, 0.1) is 0 Å². The van der Waals surface area contributed by atoms with Gasteiger partial charge in [-0.2, -0.15) is 0 Å². The van der Waals surface area contributed by atoms with E-state index in [1.54, 1.807) is 0 Å². The zero-order valence-electron chi connectivity index (χ0n) is 18.2. The molecule has 1 saturated heterocycles. The summed E-state index contributed by atoms with van der Waals surface area (Å²) in [6, 6.07) is 8.93. The quantitative estimate of drug-likeness (QED) is 0.480. The summed E-state index contributed by atoms with van der Waals surface area (Å²) in [6.45, 7) is 4.83. The zero-order valence-corrected chi connectivity index (χ0v) is 18.2. The lowest BCUT2D eigenvalue weighted by Gasteiger charge is -2.45. The number of hydrogen-bond acceptors (Lipinski definition) is 8. The number of benzene rings is 1. The molecule has 2 rings (SSSR count). The van der Waals surface area contributed by atoms with Gasteiger partial charge in [-0.25, -0.2) is 0 Å². The number of carbonyl (C=O) groups excluding carboxylic acids is 4. The molecule has 0 radical (unpaired) electrons. The van der Waals surface area contributed by atoms with Crippen LogP contribution in [0.15, 0.2) is 30.3 Å². The van der Waals surface area contributed by atoms with Gasteiger partial charge in [0.25, 0.3) is 0 Å². The molecule has 31 heavy (non-hydrogen) atoms. The number of nitrogens with one attached hydrogen (secondary N) is 1. The molecule has 1 amide bonds. The molecule has 1 aliphatic heterocycles. The Balaban J connectivity index is 2.35. The number of rotatable bonds is 8. The minimum atomic E-state index is -1.06. The third kappa shape index (κ3) is 7.67. The highest BCUT2D eigenvalue weighted by Gasteiger charge is 2.50. The van der Waals surface area contributed by atoms with Crippen LogP contribution in [0.1, 0.15) is 39.7 Å². The van der Waals surface area contributed by atoms with E-state index in [0.717, 1.165) is 5.56 Å². The Bertz CT molecular complexity index is 781. The van der Waals surface area contributed by atoms with Gasteiger partial charge in [0.2, 0.25) is 5.91 Å². The molecule has 0 saturated carbocycles. The fraction of sp³-hybridized carbons (Fsp3) is 0.545. The van der Waals surface area contributed by atoms with E-state index < -0.39 is 48.4 Å². The minimum Gasteiger partial charge on any atom is -0.463 e. The van der Waals surface area contributed by atoms with Crippen molar-refractivity contribution in [1.29, 1.82) is 0 Å². The lowest BCUT2D eigenvalue weighted by atomic mass is 9.89. The van der Waals surface area contributed by atoms with Gasteiger partial charge in [0.1, 0.15) is 12.7 Å². The van der Waals surface area contributed by atoms with Crippen molar-refractivity contribution in [2.24, 2.45) is 0 Å². The molecule has 0 aliphatic carbocycles. The largest absolute Gasteiger partial charge is 0.463 e. The van der Waals surface area contributed by atoms with E-state index in [1.165, 1.54) is 27.7 Å². The van der Waals surface area contributed by atoms with Crippen LogP contribution >= 0.6 is 0 Å². The monoisotopic (exact) mass is 435 g/mol. The maximum Gasteiger partial charge on any atom is 0.303 e. The summed E-state index contributed by atoms with van der Waals surface area (Å²) in [5.41, 5.74) is 1.07. The van der Waals surface area contributed by atoms with E-state index in [0.29, 0.717) is 12.8 Å². The Morgan fingerprint density at radius 2 is 1.48 bits per heavy atom. The molecule has 1 aromatic carbocycles. The SMILES string of the molecule is CC(=O)N[C@H]1[C@@H](OC(C)=O)[C@H](OC(C)=O)[C@@H](COC(C)=O)O[C@@H]1CCc1ccccc1. The fourth-order valence-corrected chi connectivity index (χ4v) is 3.63. The van der Waals surface area contributed by atoms with Crippen LogP contribution in [0.2, 0.25) is 0 Å². The minimum absolute atomic E-state index is 0.195. The van der Waals surface area contributed by atoms with Crippen LogP contribution in [-0.2, 0) is 44.5 Å². The highest BCUT2D eigenvalue weighted by Crippen LogP contribution is 2.29. The first kappa shape index (κ1) is 24.3. The predicted molar refractivity (Wildman–Crippen MR) is 109 cm³/mol. The maximum absolute atomic E-state index is 11.9. The van der Waals surface area contributed by atoms with E-state index in [9.17, 15) is 19.2 Å². The van der Waals surface area contributed by atoms with E-state index in [2.05, 4.69) is 5.32 Å². The van der Waals surface area contributed by atoms with Gasteiger partial charge < -0.3 is 24.3 Å². The van der Waals surface area contributed by atoms with Gasteiger partial charge in [0.05, 0.1) is 12.1 Å². The van der Waals surface area contributed by atoms with Crippen molar-refractivity contribution in [3.63, 3.8) is 0 Å². The van der Waals surface area contributed by atoms with Crippen LogP contribution in [-0.4, -0.2) is 60.9 Å². The summed E-state index contributed by atoms with van der Waals surface area (Å²) in [6.07, 6.45) is -2.42. The molecule has 9 nitrogen and oxygen atoms in total. The Labute approximate surface area is 181 Å². The molecule has 0 unspecified atom stereocenters. The second-order valence-electron chi connectivity index (χ2n) is 7.41. The molecule has 1 aromatic rings. The Hall–Kier alpha value is -2.94. The smallest absolute Gasteiger partial charge is 0.303 e. The van der Waals surface area contributed by atoms with Crippen molar-refractivity contribution in [2.75, 3.05) is 6.61 Å². The highest BCUT2D eigenvalue weighted by molar-refractivity contribution is 5.73. The molecule has 1 N–H and O–H groups in total. The van der Waals surface area contributed by atoms with Gasteiger partial charge >= 0.3 is 17.9 Å². The van der Waals surface area contributed by atoms with Crippen LogP contribution in [0.4, 0.5) is 0 Å². The summed E-state index contributed by atoms with van der Waals surface area (Å²) in [5, 5.41) is 2.77. The molecule has 1 fully saturated rings. The normalized spacial score (nSPS) is 25.2. The van der Waals surface area contributed by atoms with Crippen molar-refractivity contribution in [3.05, 3.63) is 35.9 Å². The number of ether oxygens (including phenoxy) is 4. The Morgan fingerprint density at radius 1 is 0.871 bits per heavy atom. The molecule has 1 aliphatic rings. The first-order chi connectivity index (χ1) is 14.7. The summed E-state index contributed by atoms with van der Waals surface area (Å²) in [7, 11) is 0. The average Bonchev–Trinajstić information content (AvgIpc) is 2.68. The van der Waals surface area contributed by atoms with Crippen molar-refractivity contribution in [2.45, 2.75) is 71.0 Å². The van der Waals surface area contributed by atoms with Crippen LogP contribution in [0.3, 0.4) is 0 Å². The zero-order chi connectivity index (χ0) is 23.0. The third-order valence-electron chi connectivity index (χ3n) is 4.78. The summed E-state index contributed by atoms with van der Waals surface area (Å²) < 4.78 is 22.1. The predicted octanol–water partition coefficient (Wildman–Crippen LogP) is 1.32. The summed E-state index contributed by atoms with van der Waals surface area (Å²) in [4.78, 5) is 46.8. The van der Waals surface area contributed by atoms with Gasteiger partial charge in [-0.1, -0.05) is 30.3 Å². The lowest BCUT2D eigenvalue weighted by molar-refractivity contribution is -0.224. The number of hydrogen-bond donors (Lipinski definition) is 1. The van der Waals surface area contributed by atoms with E-state index in [-0.39, 0.29) is 12.5 Å². The summed E-state index contributed by atoms with van der Waals surface area (Å²) in [5.74, 6) is -2.11. The van der Waals surface area contributed by atoms with Gasteiger partial charge in [0.15, 0.2) is 12.2 Å². The van der Waals surface area contributed by atoms with E-state index in [1.807, 2.05) is 30.3 Å². The van der Waals surface area contributed by atoms with Crippen molar-refractivity contribution >= 4 is 23.8 Å². The molecular weight excluding hydrogens is 406 g/mol. The van der Waals surface area contributed by atoms with Crippen molar-refractivity contribution < 1.29 is 38.1 Å². The summed E-state index contributed by atoms with van der Waals surface area (Å²) >= 11 is 0. The van der Waals surface area contributed by atoms with Crippen LogP contribution in [0.25, 0.3) is 0 Å². The van der Waals surface area contributed by atoms with Crippen LogP contribution < -0.4 is 5.32 Å². The lowest BCUT2D eigenvalue weighted by Crippen LogP contribution is -2.66. The molecule has 0 aromatic heterocycles. The third-order valence-corrected chi connectivity index (χ3v) is 4.78. The second kappa shape index (κ2) is 11.5. The average molecular weight is 435 g/mol. The standard InChI is InChI=1S/C22H29NO8/c1-13(24)23-20-18(11-10-17-8-6-5-7-9-17)31-19(12-28-14(2)25)21(29-15(3)26)22(20)30-16(4)27/h5-9,18-22H,10-12H2,1-4H3,(H,23,24)/t18-,19-,20-,21-,22-/m1/s1. The van der Waals surface area contributed by atoms with Gasteiger partial charge in [-0.15, -0.1) is 0 Å². The second-order valence-corrected chi connectivity index (χ2v) is 7.41. The molecule has 9 heteroatoms. The van der Waals surface area contributed by atoms with Crippen molar-refractivity contribution in [3.8, 4) is 0 Å². The Morgan fingerprint density at radius 3 is 2.03 bits per heavy atom. The number of aryl methyl sites for hydroxylation is 1. The Kier molecular flexibility index (Phi) is 8.99. The maximum atomic E-state index is 11.9. The molecular formula is C22H29NO8. The van der Waals surface area contributed by atoms with Gasteiger partial charge in [0, 0.05) is 27.7 Å². The molecule has 5 atom stereocenters. The topological polar surface area (TPSA) is 117 Å². The number of amides is 1.